The summed E-state index contributed by atoms with van der Waals surface area (Å²) in [5.41, 5.74) is 6.71. The number of ether oxygens (including phenoxy) is 3. The van der Waals surface area contributed by atoms with E-state index in [1.54, 1.807) is 0 Å². The smallest absolute Gasteiger partial charge is 0.319 e. The molecule has 0 saturated carbocycles. The van der Waals surface area contributed by atoms with Crippen LogP contribution in [-0.2, 0) is 22.6 Å². The summed E-state index contributed by atoms with van der Waals surface area (Å²) < 4.78 is 19.7. The van der Waals surface area contributed by atoms with E-state index in [2.05, 4.69) is 75.9 Å². The summed E-state index contributed by atoms with van der Waals surface area (Å²) in [6, 6.07) is 42.0. The van der Waals surface area contributed by atoms with Gasteiger partial charge in [-0.05, 0) is 122 Å². The summed E-state index contributed by atoms with van der Waals surface area (Å²) in [6.07, 6.45) is 4.37. The molecule has 0 aliphatic carbocycles. The molecule has 0 radical (unpaired) electrons. The highest BCUT2D eigenvalue weighted by Gasteiger charge is 2.41. The van der Waals surface area contributed by atoms with Gasteiger partial charge in [0.15, 0.2) is 6.29 Å². The third-order valence-electron chi connectivity index (χ3n) is 11.7. The van der Waals surface area contributed by atoms with Crippen molar-refractivity contribution in [1.29, 1.82) is 0 Å². The molecule has 9 nitrogen and oxygen atoms in total. The van der Waals surface area contributed by atoms with Gasteiger partial charge in [-0.2, -0.15) is 0 Å². The zero-order valence-corrected chi connectivity index (χ0v) is 32.8. The van der Waals surface area contributed by atoms with Gasteiger partial charge >= 0.3 is 6.03 Å². The molecule has 0 spiro atoms. The Morgan fingerprint density at radius 1 is 0.737 bits per heavy atom. The van der Waals surface area contributed by atoms with Gasteiger partial charge in [0, 0.05) is 42.8 Å². The van der Waals surface area contributed by atoms with Crippen LogP contribution in [0, 0.1) is 5.92 Å². The molecule has 3 aliphatic heterocycles. The Hall–Kier alpha value is -5.03. The standard InChI is InChI=1S/C48H54N4O5/c1-34-45(32-52-27-9-14-42(52)31-51-25-5-6-26-51)56-47(57-46(34)37-19-17-35(33-53)18-20-37)40-13-8-12-39(29-40)38-11-7-10-36(28-38)30-49-48(54)50-41-21-23-44(24-22-41)55-43-15-3-2-4-16-43/h2-4,7-8,10-13,15-24,28-29,34,42,45-47,53H,5-6,9,14,25-27,30-33H2,1H3,(H2,49,50,54)/t34-,42+,45+,46+,47+/m1/s1. The van der Waals surface area contributed by atoms with Crippen molar-refractivity contribution >= 4 is 11.7 Å². The highest BCUT2D eigenvalue weighted by atomic mass is 16.7. The van der Waals surface area contributed by atoms with Crippen molar-refractivity contribution in [2.75, 3.05) is 38.0 Å². The quantitative estimate of drug-likeness (QED) is 0.110. The van der Waals surface area contributed by atoms with Crippen LogP contribution in [-0.4, -0.2) is 65.8 Å². The Balaban J connectivity index is 0.937. The SMILES string of the molecule is C[C@@H]1[C@H](CN2CCC[C@H]2CN2CCCC2)O[C@H](c2cccc(-c3cccc(CNC(=O)Nc4ccc(Oc5ccccc5)cc4)c3)c2)O[C@@H]1c1ccc(CO)cc1. The molecule has 5 aromatic carbocycles. The number of carbonyl (C=O) groups excluding carboxylic acids is 1. The number of hydrogen-bond acceptors (Lipinski definition) is 7. The average molecular weight is 767 g/mol. The Labute approximate surface area is 336 Å². The summed E-state index contributed by atoms with van der Waals surface area (Å²) >= 11 is 0. The van der Waals surface area contributed by atoms with Gasteiger partial charge in [-0.25, -0.2) is 4.79 Å². The molecule has 0 aromatic heterocycles. The molecule has 2 amide bonds. The van der Waals surface area contributed by atoms with E-state index in [-0.39, 0.29) is 30.8 Å². The normalized spacial score (nSPS) is 22.7. The first kappa shape index (κ1) is 38.8. The fourth-order valence-electron chi connectivity index (χ4n) is 8.48. The van der Waals surface area contributed by atoms with Crippen LogP contribution in [0.5, 0.6) is 11.5 Å². The molecule has 296 valence electrons. The number of carbonyl (C=O) groups is 1. The second kappa shape index (κ2) is 18.5. The van der Waals surface area contributed by atoms with E-state index in [9.17, 15) is 9.90 Å². The van der Waals surface area contributed by atoms with Crippen LogP contribution in [0.3, 0.4) is 0 Å². The molecular weight excluding hydrogens is 713 g/mol. The van der Waals surface area contributed by atoms with Gasteiger partial charge in [0.25, 0.3) is 0 Å². The monoisotopic (exact) mass is 766 g/mol. The van der Waals surface area contributed by atoms with Crippen molar-refractivity contribution in [3.63, 3.8) is 0 Å². The van der Waals surface area contributed by atoms with E-state index in [1.807, 2.05) is 78.9 Å². The highest BCUT2D eigenvalue weighted by Crippen LogP contribution is 2.43. The van der Waals surface area contributed by atoms with Gasteiger partial charge in [-0.1, -0.05) is 85.8 Å². The lowest BCUT2D eigenvalue weighted by Crippen LogP contribution is -2.48. The molecule has 0 bridgehead atoms. The van der Waals surface area contributed by atoms with Crippen molar-refractivity contribution in [2.24, 2.45) is 5.92 Å². The first-order valence-corrected chi connectivity index (χ1v) is 20.5. The number of anilines is 1. The molecule has 5 atom stereocenters. The third kappa shape index (κ3) is 9.93. The van der Waals surface area contributed by atoms with Crippen LogP contribution in [0.15, 0.2) is 127 Å². The van der Waals surface area contributed by atoms with E-state index in [1.165, 1.54) is 38.8 Å². The van der Waals surface area contributed by atoms with E-state index in [0.717, 1.165) is 58.8 Å². The first-order valence-electron chi connectivity index (χ1n) is 20.5. The van der Waals surface area contributed by atoms with Gasteiger partial charge in [-0.15, -0.1) is 0 Å². The van der Waals surface area contributed by atoms with Crippen molar-refractivity contribution in [1.82, 2.24) is 15.1 Å². The number of para-hydroxylation sites is 1. The predicted molar refractivity (Wildman–Crippen MR) is 224 cm³/mol. The topological polar surface area (TPSA) is 95.5 Å². The average Bonchev–Trinajstić information content (AvgIpc) is 3.94. The number of urea groups is 1. The zero-order valence-electron chi connectivity index (χ0n) is 32.8. The Morgan fingerprint density at radius 3 is 2.25 bits per heavy atom. The lowest BCUT2D eigenvalue weighted by atomic mass is 9.89. The van der Waals surface area contributed by atoms with Gasteiger partial charge in [0.2, 0.25) is 0 Å². The number of aliphatic hydroxyl groups is 1. The third-order valence-corrected chi connectivity index (χ3v) is 11.7. The molecule has 3 fully saturated rings. The fourth-order valence-corrected chi connectivity index (χ4v) is 8.48. The lowest BCUT2D eigenvalue weighted by molar-refractivity contribution is -0.276. The minimum absolute atomic E-state index is 0.0147. The summed E-state index contributed by atoms with van der Waals surface area (Å²) in [6.45, 7) is 8.20. The van der Waals surface area contributed by atoms with Crippen molar-refractivity contribution in [2.45, 2.75) is 70.3 Å². The second-order valence-electron chi connectivity index (χ2n) is 15.7. The molecule has 3 N–H and O–H groups in total. The number of aliphatic hydroxyl groups excluding tert-OH is 1. The van der Waals surface area contributed by atoms with E-state index in [0.29, 0.717) is 24.0 Å². The maximum atomic E-state index is 12.9. The molecular formula is C48H54N4O5. The second-order valence-corrected chi connectivity index (χ2v) is 15.7. The number of hydrogen-bond donors (Lipinski definition) is 3. The number of nitrogens with one attached hydrogen (secondary N) is 2. The van der Waals surface area contributed by atoms with Crippen molar-refractivity contribution < 1.29 is 24.1 Å². The maximum Gasteiger partial charge on any atom is 0.319 e. The van der Waals surface area contributed by atoms with E-state index < -0.39 is 6.29 Å². The Morgan fingerprint density at radius 2 is 1.47 bits per heavy atom. The van der Waals surface area contributed by atoms with Crippen LogP contribution in [0.1, 0.15) is 67.3 Å². The molecule has 8 rings (SSSR count). The predicted octanol–water partition coefficient (Wildman–Crippen LogP) is 9.31. The first-order chi connectivity index (χ1) is 28.0. The van der Waals surface area contributed by atoms with Crippen LogP contribution in [0.4, 0.5) is 10.5 Å². The minimum atomic E-state index is -0.541. The fraction of sp³-hybridized carbons (Fsp3) is 0.354. The molecule has 3 saturated heterocycles. The van der Waals surface area contributed by atoms with Crippen LogP contribution < -0.4 is 15.4 Å². The van der Waals surface area contributed by atoms with Gasteiger partial charge < -0.3 is 34.9 Å². The van der Waals surface area contributed by atoms with Crippen LogP contribution in [0.2, 0.25) is 0 Å². The highest BCUT2D eigenvalue weighted by molar-refractivity contribution is 5.89. The van der Waals surface area contributed by atoms with Crippen LogP contribution >= 0.6 is 0 Å². The lowest BCUT2D eigenvalue weighted by Gasteiger charge is -2.43. The summed E-state index contributed by atoms with van der Waals surface area (Å²) in [5.74, 6) is 1.58. The number of rotatable bonds is 13. The number of amides is 2. The molecule has 3 aliphatic rings. The van der Waals surface area contributed by atoms with E-state index in [4.69, 9.17) is 14.2 Å². The minimum Gasteiger partial charge on any atom is -0.457 e. The summed E-state index contributed by atoms with van der Waals surface area (Å²) in [5, 5.41) is 15.6. The summed E-state index contributed by atoms with van der Waals surface area (Å²) in [4.78, 5) is 18.2. The largest absolute Gasteiger partial charge is 0.457 e. The maximum absolute atomic E-state index is 12.9. The number of nitrogens with zero attached hydrogens (tertiary/aromatic N) is 2. The Kier molecular flexibility index (Phi) is 12.6. The number of likely N-dealkylation sites (tertiary alicyclic amines) is 2. The zero-order chi connectivity index (χ0) is 39.0. The van der Waals surface area contributed by atoms with E-state index >= 15 is 0 Å². The number of benzene rings is 5. The van der Waals surface area contributed by atoms with Crippen LogP contribution in [0.25, 0.3) is 11.1 Å². The van der Waals surface area contributed by atoms with Crippen molar-refractivity contribution in [3.8, 4) is 22.6 Å². The Bertz CT molecular complexity index is 2050. The molecule has 57 heavy (non-hydrogen) atoms. The van der Waals surface area contributed by atoms with Crippen molar-refractivity contribution in [3.05, 3.63) is 150 Å². The molecule has 9 heteroatoms. The molecule has 5 aromatic rings. The van der Waals surface area contributed by atoms with Gasteiger partial charge in [0.05, 0.1) is 18.8 Å². The molecule has 3 heterocycles. The van der Waals surface area contributed by atoms with Gasteiger partial charge in [0.1, 0.15) is 11.5 Å². The molecule has 0 unspecified atom stereocenters. The summed E-state index contributed by atoms with van der Waals surface area (Å²) in [7, 11) is 0. The van der Waals surface area contributed by atoms with Gasteiger partial charge in [-0.3, -0.25) is 4.90 Å².